The Morgan fingerprint density at radius 1 is 1.58 bits per heavy atom. The van der Waals surface area contributed by atoms with Gasteiger partial charge < -0.3 is 15.2 Å². The van der Waals surface area contributed by atoms with E-state index in [4.69, 9.17) is 5.11 Å². The van der Waals surface area contributed by atoms with E-state index < -0.39 is 4.92 Å². The maximum atomic E-state index is 10.7. The summed E-state index contributed by atoms with van der Waals surface area (Å²) in [5.41, 5.74) is 0.577. The second-order valence-electron chi connectivity index (χ2n) is 4.05. The lowest BCUT2D eigenvalue weighted by Gasteiger charge is -2.09. The van der Waals surface area contributed by atoms with Crippen molar-refractivity contribution in [2.24, 2.45) is 0 Å². The van der Waals surface area contributed by atoms with Crippen molar-refractivity contribution in [1.29, 1.82) is 0 Å². The molecule has 2 rings (SSSR count). The number of hydrogen-bond acceptors (Lipinski definition) is 6. The molecule has 102 valence electrons. The maximum absolute atomic E-state index is 10.7. The van der Waals surface area contributed by atoms with Gasteiger partial charge in [-0.15, -0.1) is 5.10 Å². The van der Waals surface area contributed by atoms with Crippen LogP contribution in [-0.4, -0.2) is 41.2 Å². The van der Waals surface area contributed by atoms with E-state index in [0.29, 0.717) is 5.69 Å². The molecule has 0 spiro atoms. The molecule has 0 aliphatic carbocycles. The molecule has 0 bridgehead atoms. The molecular weight excluding hydrogens is 252 g/mol. The smallest absolute Gasteiger partial charge is 0.394 e. The molecule has 0 saturated carbocycles. The van der Waals surface area contributed by atoms with Crippen molar-refractivity contribution in [2.45, 2.75) is 25.9 Å². The van der Waals surface area contributed by atoms with Crippen LogP contribution in [0.3, 0.4) is 0 Å². The molecular formula is C10H14N6O3. The van der Waals surface area contributed by atoms with Gasteiger partial charge in [-0.1, -0.05) is 17.1 Å². The Morgan fingerprint density at radius 2 is 2.37 bits per heavy atom. The third-order valence-corrected chi connectivity index (χ3v) is 2.80. The number of rotatable bonds is 6. The molecule has 2 aromatic rings. The molecule has 0 aromatic carbocycles. The normalized spacial score (nSPS) is 12.5. The van der Waals surface area contributed by atoms with Crippen molar-refractivity contribution in [2.75, 3.05) is 6.61 Å². The summed E-state index contributed by atoms with van der Waals surface area (Å²) >= 11 is 0. The van der Waals surface area contributed by atoms with E-state index in [-0.39, 0.29) is 25.1 Å². The van der Waals surface area contributed by atoms with E-state index in [0.717, 1.165) is 6.42 Å². The molecule has 0 aliphatic heterocycles. The molecule has 1 unspecified atom stereocenters. The minimum atomic E-state index is -0.549. The Morgan fingerprint density at radius 3 is 3.00 bits per heavy atom. The first kappa shape index (κ1) is 13.1. The molecule has 1 N–H and O–H groups in total. The summed E-state index contributed by atoms with van der Waals surface area (Å²) in [5, 5.41) is 27.8. The van der Waals surface area contributed by atoms with E-state index in [2.05, 4.69) is 15.3 Å². The van der Waals surface area contributed by atoms with Gasteiger partial charge in [0.2, 0.25) is 0 Å². The van der Waals surface area contributed by atoms with Crippen LogP contribution in [0.4, 0.5) is 5.95 Å². The van der Waals surface area contributed by atoms with Gasteiger partial charge in [-0.25, -0.2) is 9.25 Å². The number of aliphatic hydroxyl groups excluding tert-OH is 1. The van der Waals surface area contributed by atoms with Crippen LogP contribution in [-0.2, 0) is 6.54 Å². The lowest BCUT2D eigenvalue weighted by Crippen LogP contribution is -2.12. The van der Waals surface area contributed by atoms with Gasteiger partial charge in [0.05, 0.1) is 18.8 Å². The monoisotopic (exact) mass is 266 g/mol. The van der Waals surface area contributed by atoms with Crippen molar-refractivity contribution in [3.63, 3.8) is 0 Å². The highest BCUT2D eigenvalue weighted by Crippen LogP contribution is 2.12. The Kier molecular flexibility index (Phi) is 3.85. The second kappa shape index (κ2) is 5.57. The van der Waals surface area contributed by atoms with Gasteiger partial charge in [-0.2, -0.15) is 0 Å². The van der Waals surface area contributed by atoms with Crippen molar-refractivity contribution in [1.82, 2.24) is 24.5 Å². The molecule has 0 aliphatic rings. The van der Waals surface area contributed by atoms with Crippen LogP contribution in [0, 0.1) is 10.1 Å². The van der Waals surface area contributed by atoms with Crippen molar-refractivity contribution in [3.05, 3.63) is 34.4 Å². The van der Waals surface area contributed by atoms with E-state index in [1.165, 1.54) is 17.0 Å². The third-order valence-electron chi connectivity index (χ3n) is 2.80. The molecule has 2 aromatic heterocycles. The third kappa shape index (κ3) is 2.76. The molecule has 0 amide bonds. The van der Waals surface area contributed by atoms with Crippen LogP contribution in [0.5, 0.6) is 0 Å². The molecule has 0 fully saturated rings. The fraction of sp³-hybridized carbons (Fsp3) is 0.500. The fourth-order valence-electron chi connectivity index (χ4n) is 1.74. The zero-order valence-corrected chi connectivity index (χ0v) is 10.4. The number of hydrogen-bond donors (Lipinski definition) is 1. The van der Waals surface area contributed by atoms with Crippen LogP contribution in [0.15, 0.2) is 18.6 Å². The zero-order valence-electron chi connectivity index (χ0n) is 10.4. The summed E-state index contributed by atoms with van der Waals surface area (Å²) in [6.45, 7) is 2.13. The topological polar surface area (TPSA) is 112 Å². The number of nitrogens with zero attached hydrogens (tertiary/aromatic N) is 6. The summed E-state index contributed by atoms with van der Waals surface area (Å²) in [7, 11) is 0. The van der Waals surface area contributed by atoms with Crippen molar-refractivity contribution in [3.8, 4) is 0 Å². The summed E-state index contributed by atoms with van der Waals surface area (Å²) in [6.07, 6.45) is 5.28. The standard InChI is InChI=1S/C10H14N6O3/c1-2-9(7-17)15-6-8(12-13-15)5-14-4-3-11-10(14)16(18)19/h3-4,6,9,17H,2,5,7H2,1H3. The Labute approximate surface area is 108 Å². The lowest BCUT2D eigenvalue weighted by molar-refractivity contribution is -0.396. The van der Waals surface area contributed by atoms with Crippen LogP contribution in [0.2, 0.25) is 0 Å². The van der Waals surface area contributed by atoms with Gasteiger partial charge in [0.15, 0.2) is 0 Å². The molecule has 19 heavy (non-hydrogen) atoms. The van der Waals surface area contributed by atoms with E-state index in [1.54, 1.807) is 10.9 Å². The molecule has 2 heterocycles. The van der Waals surface area contributed by atoms with Crippen LogP contribution in [0.25, 0.3) is 0 Å². The largest absolute Gasteiger partial charge is 0.434 e. The molecule has 9 heteroatoms. The summed E-state index contributed by atoms with van der Waals surface area (Å²) in [4.78, 5) is 13.8. The number of aromatic nitrogens is 5. The summed E-state index contributed by atoms with van der Waals surface area (Å²) in [5.74, 6) is -0.233. The summed E-state index contributed by atoms with van der Waals surface area (Å²) < 4.78 is 2.95. The van der Waals surface area contributed by atoms with Crippen LogP contribution >= 0.6 is 0 Å². The Balaban J connectivity index is 2.16. The van der Waals surface area contributed by atoms with Crippen molar-refractivity contribution >= 4 is 5.95 Å². The van der Waals surface area contributed by atoms with Gasteiger partial charge in [-0.3, -0.25) is 0 Å². The highest BCUT2D eigenvalue weighted by molar-refractivity contribution is 5.09. The average Bonchev–Trinajstić information content (AvgIpc) is 3.01. The first-order chi connectivity index (χ1) is 9.15. The minimum absolute atomic E-state index is 0.0233. The van der Waals surface area contributed by atoms with Crippen LogP contribution < -0.4 is 0 Å². The predicted molar refractivity (Wildman–Crippen MR) is 64.4 cm³/mol. The van der Waals surface area contributed by atoms with Crippen LogP contribution in [0.1, 0.15) is 25.1 Å². The van der Waals surface area contributed by atoms with Gasteiger partial charge in [-0.05, 0) is 11.3 Å². The first-order valence-corrected chi connectivity index (χ1v) is 5.82. The zero-order chi connectivity index (χ0) is 13.8. The summed E-state index contributed by atoms with van der Waals surface area (Å²) in [6, 6.07) is -0.126. The fourth-order valence-corrected chi connectivity index (χ4v) is 1.74. The van der Waals surface area contributed by atoms with Gasteiger partial charge in [0.25, 0.3) is 0 Å². The number of aliphatic hydroxyl groups is 1. The van der Waals surface area contributed by atoms with Gasteiger partial charge >= 0.3 is 5.95 Å². The molecule has 0 saturated heterocycles. The van der Waals surface area contributed by atoms with Gasteiger partial charge in [0.1, 0.15) is 24.6 Å². The Bertz CT molecular complexity index is 559. The van der Waals surface area contributed by atoms with Crippen molar-refractivity contribution < 1.29 is 10.0 Å². The highest BCUT2D eigenvalue weighted by atomic mass is 16.6. The first-order valence-electron chi connectivity index (χ1n) is 5.82. The SMILES string of the molecule is CCC(CO)n1cc(Cn2ccnc2[N+](=O)[O-])nn1. The maximum Gasteiger partial charge on any atom is 0.434 e. The van der Waals surface area contributed by atoms with E-state index >= 15 is 0 Å². The molecule has 0 radical (unpaired) electrons. The molecule has 9 nitrogen and oxygen atoms in total. The highest BCUT2D eigenvalue weighted by Gasteiger charge is 2.16. The number of nitro groups is 1. The molecule has 1 atom stereocenters. The average molecular weight is 266 g/mol. The van der Waals surface area contributed by atoms with E-state index in [1.807, 2.05) is 6.92 Å². The van der Waals surface area contributed by atoms with E-state index in [9.17, 15) is 10.1 Å². The van der Waals surface area contributed by atoms with Gasteiger partial charge in [0, 0.05) is 0 Å². The quantitative estimate of drug-likeness (QED) is 0.597. The second-order valence-corrected chi connectivity index (χ2v) is 4.05. The predicted octanol–water partition coefficient (Wildman–Crippen LogP) is 0.374. The lowest BCUT2D eigenvalue weighted by atomic mass is 10.2. The number of imidazole rings is 1. The minimum Gasteiger partial charge on any atom is -0.394 e. The Hall–Kier alpha value is -2.29.